The molecule has 0 unspecified atom stereocenters. The van der Waals surface area contributed by atoms with Gasteiger partial charge in [-0.25, -0.2) is 15.0 Å². The van der Waals surface area contributed by atoms with Crippen LogP contribution in [0.5, 0.6) is 0 Å². The second-order valence-electron chi connectivity index (χ2n) is 15.9. The van der Waals surface area contributed by atoms with Crippen LogP contribution >= 0.6 is 22.7 Å². The number of fused-ring (bicyclic) bond motifs is 16. The zero-order valence-electron chi connectivity index (χ0n) is 32.3. The number of hydrogen-bond donors (Lipinski definition) is 0. The van der Waals surface area contributed by atoms with Crippen molar-refractivity contribution in [3.63, 3.8) is 0 Å². The van der Waals surface area contributed by atoms with E-state index in [1.807, 2.05) is 23.5 Å². The van der Waals surface area contributed by atoms with Gasteiger partial charge in [0.15, 0.2) is 17.5 Å². The zero-order valence-corrected chi connectivity index (χ0v) is 33.9. The maximum atomic E-state index is 6.43. The lowest BCUT2D eigenvalue weighted by Gasteiger charge is -2.16. The van der Waals surface area contributed by atoms with Gasteiger partial charge in [0, 0.05) is 73.2 Å². The first-order valence-corrected chi connectivity index (χ1v) is 22.0. The van der Waals surface area contributed by atoms with Gasteiger partial charge >= 0.3 is 0 Å². The van der Waals surface area contributed by atoms with Crippen molar-refractivity contribution in [1.29, 1.82) is 0 Å². The molecular weight excluding hydrogens is 783 g/mol. The Morgan fingerprint density at radius 2 is 0.852 bits per heavy atom. The number of hydrogen-bond acceptors (Lipinski definition) is 6. The smallest absolute Gasteiger partial charge is 0.165 e. The Hall–Kier alpha value is -7.51. The van der Waals surface area contributed by atoms with Crippen LogP contribution in [-0.2, 0) is 0 Å². The van der Waals surface area contributed by atoms with Crippen LogP contribution in [0.1, 0.15) is 0 Å². The minimum absolute atomic E-state index is 0.596. The molecule has 0 radical (unpaired) electrons. The van der Waals surface area contributed by atoms with Gasteiger partial charge in [-0.2, -0.15) is 0 Å². The van der Waals surface area contributed by atoms with Gasteiger partial charge in [-0.05, 0) is 86.2 Å². The van der Waals surface area contributed by atoms with Crippen LogP contribution in [0.15, 0.2) is 180 Å². The molecule has 0 aliphatic carbocycles. The summed E-state index contributed by atoms with van der Waals surface area (Å²) in [6.45, 7) is 0. The van der Waals surface area contributed by atoms with Crippen LogP contribution in [0.3, 0.4) is 0 Å². The lowest BCUT2D eigenvalue weighted by molar-refractivity contribution is 0.669. The van der Waals surface area contributed by atoms with Crippen LogP contribution in [-0.4, -0.2) is 15.0 Å². The molecule has 0 fully saturated rings. The number of para-hydroxylation sites is 1. The molecule has 4 heterocycles. The Morgan fingerprint density at radius 3 is 1.66 bits per heavy atom. The molecule has 61 heavy (non-hydrogen) atoms. The second kappa shape index (κ2) is 12.5. The van der Waals surface area contributed by atoms with E-state index in [0.717, 1.165) is 49.4 Å². The van der Waals surface area contributed by atoms with Gasteiger partial charge in [0.25, 0.3) is 0 Å². The van der Waals surface area contributed by atoms with E-state index in [1.54, 1.807) is 11.3 Å². The minimum Gasteiger partial charge on any atom is -0.456 e. The van der Waals surface area contributed by atoms with Crippen molar-refractivity contribution in [2.24, 2.45) is 0 Å². The van der Waals surface area contributed by atoms with E-state index in [9.17, 15) is 0 Å². The molecule has 0 aliphatic rings. The molecule has 0 spiro atoms. The number of furan rings is 1. The molecule has 0 saturated heterocycles. The normalized spacial score (nSPS) is 12.3. The maximum Gasteiger partial charge on any atom is 0.165 e. The minimum atomic E-state index is 0.596. The number of rotatable bonds is 3. The maximum absolute atomic E-state index is 6.43. The SMILES string of the molecule is c1ccc2cc3c(cc2c1)sc1cc2c4ccccc4c4ccccc4c2c(-c2nc(-c4ccc5c(c4)oc4ccccc45)nc(-c4ccc5c(c4)sc4ccccc45)n2)c13. The molecule has 282 valence electrons. The van der Waals surface area contributed by atoms with Crippen LogP contribution in [0.2, 0.25) is 0 Å². The molecule has 14 aromatic rings. The number of aromatic nitrogens is 3. The first-order valence-electron chi connectivity index (χ1n) is 20.4. The highest BCUT2D eigenvalue weighted by atomic mass is 32.1. The first kappa shape index (κ1) is 33.3. The Bertz CT molecular complexity index is 4060. The fraction of sp³-hybridized carbons (Fsp3) is 0. The summed E-state index contributed by atoms with van der Waals surface area (Å²) in [4.78, 5) is 16.4. The summed E-state index contributed by atoms with van der Waals surface area (Å²) >= 11 is 3.64. The molecule has 10 aromatic carbocycles. The largest absolute Gasteiger partial charge is 0.456 e. The molecule has 4 aromatic heterocycles. The molecule has 6 heteroatoms. The highest BCUT2D eigenvalue weighted by Crippen LogP contribution is 2.49. The van der Waals surface area contributed by atoms with Crippen LogP contribution < -0.4 is 0 Å². The molecule has 0 atom stereocenters. The molecule has 0 amide bonds. The number of thiophene rings is 2. The van der Waals surface area contributed by atoms with Gasteiger partial charge in [0.1, 0.15) is 11.2 Å². The molecule has 4 nitrogen and oxygen atoms in total. The molecule has 14 rings (SSSR count). The topological polar surface area (TPSA) is 51.8 Å². The summed E-state index contributed by atoms with van der Waals surface area (Å²) in [6, 6.07) is 63.1. The van der Waals surface area contributed by atoms with Gasteiger partial charge in [0.05, 0.1) is 0 Å². The second-order valence-corrected chi connectivity index (χ2v) is 18.0. The number of benzene rings is 10. The standard InChI is InChI=1S/C55H29N3OS2/c1-2-12-31-27-48-43(25-30(31)11-1)51-49(61-48)29-42-36-15-4-3-13-34(36)35-14-5-6-18-41(35)50(42)52(51)55-57-53(32-21-23-38-37-16-7-9-19-44(37)59-45(38)26-32)56-54(58-55)33-22-24-40-39-17-8-10-20-46(39)60-47(40)28-33/h1-29H. The summed E-state index contributed by atoms with van der Waals surface area (Å²) in [7, 11) is 0. The van der Waals surface area contributed by atoms with Gasteiger partial charge < -0.3 is 4.42 Å². The van der Waals surface area contributed by atoms with E-state index < -0.39 is 0 Å². The van der Waals surface area contributed by atoms with Gasteiger partial charge in [-0.3, -0.25) is 0 Å². The third kappa shape index (κ3) is 4.89. The Morgan fingerprint density at radius 1 is 0.311 bits per heavy atom. The molecule has 0 bridgehead atoms. The number of nitrogens with zero attached hydrogens (tertiary/aromatic N) is 3. The van der Waals surface area contributed by atoms with E-state index in [2.05, 4.69) is 164 Å². The molecule has 0 aliphatic heterocycles. The Balaban J connectivity index is 1.14. The van der Waals surface area contributed by atoms with E-state index in [1.165, 1.54) is 72.7 Å². The fourth-order valence-corrected chi connectivity index (χ4v) is 12.0. The van der Waals surface area contributed by atoms with Gasteiger partial charge in [-0.15, -0.1) is 22.7 Å². The van der Waals surface area contributed by atoms with Crippen molar-refractivity contribution < 1.29 is 4.42 Å². The van der Waals surface area contributed by atoms with E-state index in [4.69, 9.17) is 19.4 Å². The van der Waals surface area contributed by atoms with E-state index in [-0.39, 0.29) is 0 Å². The average molecular weight is 812 g/mol. The van der Waals surface area contributed by atoms with E-state index >= 15 is 0 Å². The van der Waals surface area contributed by atoms with Crippen molar-refractivity contribution in [3.8, 4) is 34.2 Å². The third-order valence-electron chi connectivity index (χ3n) is 12.5. The predicted molar refractivity (Wildman–Crippen MR) is 259 cm³/mol. The molecular formula is C55H29N3OS2. The highest BCUT2D eigenvalue weighted by molar-refractivity contribution is 7.26. The first-order chi connectivity index (χ1) is 30.2. The van der Waals surface area contributed by atoms with Crippen LogP contribution in [0.25, 0.3) is 140 Å². The summed E-state index contributed by atoms with van der Waals surface area (Å²) in [6.07, 6.45) is 0. The van der Waals surface area contributed by atoms with E-state index in [0.29, 0.717) is 17.5 Å². The lowest BCUT2D eigenvalue weighted by atomic mass is 9.89. The Labute approximate surface area is 355 Å². The summed E-state index contributed by atoms with van der Waals surface area (Å²) in [5.74, 6) is 1.87. The monoisotopic (exact) mass is 811 g/mol. The summed E-state index contributed by atoms with van der Waals surface area (Å²) < 4.78 is 11.3. The van der Waals surface area contributed by atoms with Crippen molar-refractivity contribution in [1.82, 2.24) is 15.0 Å². The van der Waals surface area contributed by atoms with Crippen molar-refractivity contribution >= 4 is 128 Å². The Kier molecular flexibility index (Phi) is 6.83. The molecule has 0 saturated carbocycles. The van der Waals surface area contributed by atoms with Crippen molar-refractivity contribution in [2.75, 3.05) is 0 Å². The van der Waals surface area contributed by atoms with Gasteiger partial charge in [0.2, 0.25) is 0 Å². The lowest BCUT2D eigenvalue weighted by Crippen LogP contribution is -2.01. The quantitative estimate of drug-likeness (QED) is 0.167. The van der Waals surface area contributed by atoms with Crippen molar-refractivity contribution in [2.45, 2.75) is 0 Å². The average Bonchev–Trinajstić information content (AvgIpc) is 4.00. The molecule has 0 N–H and O–H groups in total. The van der Waals surface area contributed by atoms with Crippen molar-refractivity contribution in [3.05, 3.63) is 176 Å². The fourth-order valence-electron chi connectivity index (χ4n) is 9.70. The summed E-state index contributed by atoms with van der Waals surface area (Å²) in [5.41, 5.74) is 4.50. The summed E-state index contributed by atoms with van der Waals surface area (Å²) in [5, 5.41) is 16.6. The van der Waals surface area contributed by atoms with Crippen LogP contribution in [0, 0.1) is 0 Å². The predicted octanol–water partition coefficient (Wildman–Crippen LogP) is 16.1. The van der Waals surface area contributed by atoms with Gasteiger partial charge in [-0.1, -0.05) is 127 Å². The van der Waals surface area contributed by atoms with Crippen LogP contribution in [0.4, 0.5) is 0 Å². The highest BCUT2D eigenvalue weighted by Gasteiger charge is 2.24. The zero-order chi connectivity index (χ0) is 39.8. The third-order valence-corrected chi connectivity index (χ3v) is 14.7.